The van der Waals surface area contributed by atoms with Crippen LogP contribution in [-0.2, 0) is 9.53 Å². The summed E-state index contributed by atoms with van der Waals surface area (Å²) in [5.74, 6) is 0.979. The number of likely N-dealkylation sites (N-methyl/N-ethyl adjacent to an activating group) is 1. The Balaban J connectivity index is 1.56. The van der Waals surface area contributed by atoms with E-state index in [2.05, 4.69) is 27.1 Å². The van der Waals surface area contributed by atoms with Gasteiger partial charge in [0, 0.05) is 32.8 Å². The van der Waals surface area contributed by atoms with Crippen molar-refractivity contribution in [1.82, 2.24) is 9.88 Å². The number of piperazine rings is 1. The van der Waals surface area contributed by atoms with Crippen LogP contribution < -0.4 is 10.2 Å². The van der Waals surface area contributed by atoms with Crippen LogP contribution >= 0.6 is 0 Å². The normalized spacial score (nSPS) is 23.3. The van der Waals surface area contributed by atoms with E-state index in [0.29, 0.717) is 6.61 Å². The number of rotatable bonds is 3. The molecule has 1 amide bonds. The van der Waals surface area contributed by atoms with E-state index in [-0.39, 0.29) is 11.8 Å². The molecule has 1 aromatic heterocycles. The minimum atomic E-state index is -0.0361. The molecule has 1 unspecified atom stereocenters. The van der Waals surface area contributed by atoms with E-state index in [1.54, 1.807) is 6.20 Å². The lowest BCUT2D eigenvalue weighted by molar-refractivity contribution is -0.123. The van der Waals surface area contributed by atoms with Crippen LogP contribution in [0.25, 0.3) is 0 Å². The van der Waals surface area contributed by atoms with Crippen molar-refractivity contribution >= 4 is 17.4 Å². The van der Waals surface area contributed by atoms with Gasteiger partial charge in [0.05, 0.1) is 24.4 Å². The third-order valence-corrected chi connectivity index (χ3v) is 4.37. The van der Waals surface area contributed by atoms with Gasteiger partial charge in [-0.25, -0.2) is 4.98 Å². The van der Waals surface area contributed by atoms with E-state index in [1.165, 1.54) is 0 Å². The van der Waals surface area contributed by atoms with Gasteiger partial charge in [-0.1, -0.05) is 0 Å². The Hall–Kier alpha value is -1.66. The quantitative estimate of drug-likeness (QED) is 0.909. The first-order valence-electron chi connectivity index (χ1n) is 8.00. The lowest BCUT2D eigenvalue weighted by atomic mass is 10.0. The summed E-state index contributed by atoms with van der Waals surface area (Å²) in [5.41, 5.74) is 0.758. The molecule has 6 nitrogen and oxygen atoms in total. The second-order valence-corrected chi connectivity index (χ2v) is 6.10. The number of nitrogens with zero attached hydrogens (tertiary/aromatic N) is 3. The molecule has 2 fully saturated rings. The highest BCUT2D eigenvalue weighted by Crippen LogP contribution is 2.18. The van der Waals surface area contributed by atoms with Gasteiger partial charge in [0.1, 0.15) is 5.82 Å². The fourth-order valence-electron chi connectivity index (χ4n) is 2.87. The zero-order valence-corrected chi connectivity index (χ0v) is 13.1. The molecule has 0 radical (unpaired) electrons. The molecule has 22 heavy (non-hydrogen) atoms. The minimum Gasteiger partial charge on any atom is -0.381 e. The van der Waals surface area contributed by atoms with E-state index >= 15 is 0 Å². The van der Waals surface area contributed by atoms with Crippen LogP contribution in [0.4, 0.5) is 11.5 Å². The van der Waals surface area contributed by atoms with E-state index in [9.17, 15) is 4.79 Å². The van der Waals surface area contributed by atoms with Crippen LogP contribution in [0.1, 0.15) is 12.8 Å². The fraction of sp³-hybridized carbons (Fsp3) is 0.625. The Labute approximate surface area is 131 Å². The van der Waals surface area contributed by atoms with Gasteiger partial charge in [-0.15, -0.1) is 0 Å². The smallest absolute Gasteiger partial charge is 0.229 e. The summed E-state index contributed by atoms with van der Waals surface area (Å²) in [6, 6.07) is 3.92. The number of aromatic nitrogens is 1. The highest BCUT2D eigenvalue weighted by molar-refractivity contribution is 5.92. The van der Waals surface area contributed by atoms with Crippen molar-refractivity contribution in [3.63, 3.8) is 0 Å². The Kier molecular flexibility index (Phi) is 4.90. The van der Waals surface area contributed by atoms with Gasteiger partial charge < -0.3 is 19.9 Å². The van der Waals surface area contributed by atoms with Crippen LogP contribution in [0.2, 0.25) is 0 Å². The molecule has 2 saturated heterocycles. The second kappa shape index (κ2) is 7.07. The average Bonchev–Trinajstić information content (AvgIpc) is 2.57. The highest BCUT2D eigenvalue weighted by Gasteiger charge is 2.22. The summed E-state index contributed by atoms with van der Waals surface area (Å²) in [4.78, 5) is 21.2. The molecule has 0 aliphatic carbocycles. The van der Waals surface area contributed by atoms with Crippen LogP contribution in [0.3, 0.4) is 0 Å². The van der Waals surface area contributed by atoms with E-state index in [0.717, 1.165) is 57.1 Å². The molecule has 1 N–H and O–H groups in total. The SMILES string of the molecule is CN1CCN(c2ccc(NC(=O)C3CCCOC3)cn2)CC1. The number of anilines is 2. The molecule has 0 saturated carbocycles. The summed E-state index contributed by atoms with van der Waals surface area (Å²) in [5, 5.41) is 2.94. The van der Waals surface area contributed by atoms with E-state index < -0.39 is 0 Å². The predicted molar refractivity (Wildman–Crippen MR) is 86.1 cm³/mol. The average molecular weight is 304 g/mol. The molecule has 0 spiro atoms. The number of hydrogen-bond donors (Lipinski definition) is 1. The van der Waals surface area contributed by atoms with Crippen LogP contribution in [0, 0.1) is 5.92 Å². The summed E-state index contributed by atoms with van der Waals surface area (Å²) < 4.78 is 5.36. The molecule has 1 atom stereocenters. The number of nitrogens with one attached hydrogen (secondary N) is 1. The zero-order valence-electron chi connectivity index (χ0n) is 13.1. The van der Waals surface area contributed by atoms with Gasteiger partial charge in [0.15, 0.2) is 0 Å². The Morgan fingerprint density at radius 1 is 1.32 bits per heavy atom. The third-order valence-electron chi connectivity index (χ3n) is 4.37. The van der Waals surface area contributed by atoms with Gasteiger partial charge in [-0.2, -0.15) is 0 Å². The predicted octanol–water partition coefficient (Wildman–Crippen LogP) is 1.20. The molecule has 0 aromatic carbocycles. The summed E-state index contributed by atoms with van der Waals surface area (Å²) in [6.45, 7) is 5.40. The fourth-order valence-corrected chi connectivity index (χ4v) is 2.87. The van der Waals surface area contributed by atoms with Crippen molar-refractivity contribution in [3.05, 3.63) is 18.3 Å². The van der Waals surface area contributed by atoms with Crippen LogP contribution in [0.5, 0.6) is 0 Å². The van der Waals surface area contributed by atoms with Crippen LogP contribution in [-0.4, -0.2) is 62.2 Å². The van der Waals surface area contributed by atoms with Crippen molar-refractivity contribution in [1.29, 1.82) is 0 Å². The molecule has 1 aromatic rings. The number of hydrogen-bond acceptors (Lipinski definition) is 5. The lowest BCUT2D eigenvalue weighted by Gasteiger charge is -2.33. The minimum absolute atomic E-state index is 0.0360. The zero-order chi connectivity index (χ0) is 15.4. The first-order chi connectivity index (χ1) is 10.7. The highest BCUT2D eigenvalue weighted by atomic mass is 16.5. The summed E-state index contributed by atoms with van der Waals surface area (Å²) in [6.07, 6.45) is 3.60. The number of ether oxygens (including phenoxy) is 1. The number of amides is 1. The lowest BCUT2D eigenvalue weighted by Crippen LogP contribution is -2.44. The van der Waals surface area contributed by atoms with E-state index in [1.807, 2.05) is 12.1 Å². The van der Waals surface area contributed by atoms with Gasteiger partial charge in [0.25, 0.3) is 0 Å². The van der Waals surface area contributed by atoms with Crippen LogP contribution in [0.15, 0.2) is 18.3 Å². The van der Waals surface area contributed by atoms with Crippen molar-refractivity contribution < 1.29 is 9.53 Å². The molecular formula is C16H24N4O2. The molecule has 2 aliphatic heterocycles. The maximum atomic E-state index is 12.2. The standard InChI is InChI=1S/C16H24N4O2/c1-19-6-8-20(9-7-19)15-5-4-14(11-17-15)18-16(21)13-3-2-10-22-12-13/h4-5,11,13H,2-3,6-10,12H2,1H3,(H,18,21). The first-order valence-corrected chi connectivity index (χ1v) is 8.00. The largest absolute Gasteiger partial charge is 0.381 e. The van der Waals surface area contributed by atoms with Gasteiger partial charge >= 0.3 is 0 Å². The molecule has 3 heterocycles. The Morgan fingerprint density at radius 3 is 2.77 bits per heavy atom. The molecule has 3 rings (SSSR count). The van der Waals surface area contributed by atoms with Crippen molar-refractivity contribution in [2.24, 2.45) is 5.92 Å². The van der Waals surface area contributed by atoms with E-state index in [4.69, 9.17) is 4.74 Å². The first kappa shape index (κ1) is 15.2. The second-order valence-electron chi connectivity index (χ2n) is 6.10. The van der Waals surface area contributed by atoms with Gasteiger partial charge in [-0.3, -0.25) is 4.79 Å². The number of pyridine rings is 1. The third kappa shape index (κ3) is 3.75. The maximum absolute atomic E-state index is 12.2. The monoisotopic (exact) mass is 304 g/mol. The molecule has 120 valence electrons. The number of carbonyl (C=O) groups is 1. The van der Waals surface area contributed by atoms with Gasteiger partial charge in [0.2, 0.25) is 5.91 Å². The molecule has 2 aliphatic rings. The van der Waals surface area contributed by atoms with Crippen molar-refractivity contribution in [2.75, 3.05) is 56.7 Å². The van der Waals surface area contributed by atoms with Gasteiger partial charge in [-0.05, 0) is 32.0 Å². The Morgan fingerprint density at radius 2 is 2.14 bits per heavy atom. The molecular weight excluding hydrogens is 280 g/mol. The maximum Gasteiger partial charge on any atom is 0.229 e. The summed E-state index contributed by atoms with van der Waals surface area (Å²) in [7, 11) is 2.14. The number of carbonyl (C=O) groups excluding carboxylic acids is 1. The Bertz CT molecular complexity index is 491. The molecule has 6 heteroatoms. The molecule has 0 bridgehead atoms. The summed E-state index contributed by atoms with van der Waals surface area (Å²) >= 11 is 0. The van der Waals surface area contributed by atoms with Crippen molar-refractivity contribution in [3.8, 4) is 0 Å². The topological polar surface area (TPSA) is 57.7 Å². The van der Waals surface area contributed by atoms with Crippen molar-refractivity contribution in [2.45, 2.75) is 12.8 Å².